The molecule has 0 saturated carbocycles. The Morgan fingerprint density at radius 3 is 1.50 bits per heavy atom. The molecule has 0 aliphatic carbocycles. The Kier molecular flexibility index (Phi) is 7.11. The van der Waals surface area contributed by atoms with Crippen LogP contribution in [0.1, 0.15) is 31.1 Å². The first kappa shape index (κ1) is 23.8. The van der Waals surface area contributed by atoms with E-state index in [0.29, 0.717) is 5.69 Å². The molecule has 0 atom stereocenters. The van der Waals surface area contributed by atoms with Gasteiger partial charge in [-0.2, -0.15) is 0 Å². The average molecular weight is 480 g/mol. The minimum absolute atomic E-state index is 0.114. The highest BCUT2D eigenvalue weighted by molar-refractivity contribution is 6.16. The number of benzene rings is 4. The molecule has 0 aromatic heterocycles. The van der Waals surface area contributed by atoms with Crippen LogP contribution < -0.4 is 16.0 Å². The van der Waals surface area contributed by atoms with Crippen molar-refractivity contribution >= 4 is 40.5 Å². The maximum atomic E-state index is 13.2. The predicted octanol–water partition coefficient (Wildman–Crippen LogP) is 5.35. The van der Waals surface area contributed by atoms with Crippen LogP contribution in [0, 0.1) is 10.1 Å². The number of nitrogens with zero attached hydrogens (tertiary/aromatic N) is 1. The lowest BCUT2D eigenvalue weighted by Gasteiger charge is -2.14. The summed E-state index contributed by atoms with van der Waals surface area (Å²) < 4.78 is 0. The van der Waals surface area contributed by atoms with Gasteiger partial charge in [-0.1, -0.05) is 54.6 Å². The van der Waals surface area contributed by atoms with Crippen LogP contribution >= 0.6 is 0 Å². The van der Waals surface area contributed by atoms with Crippen LogP contribution in [-0.2, 0) is 0 Å². The van der Waals surface area contributed by atoms with Crippen molar-refractivity contribution in [1.82, 2.24) is 0 Å². The Hall–Kier alpha value is -5.31. The van der Waals surface area contributed by atoms with Crippen molar-refractivity contribution in [1.29, 1.82) is 0 Å². The highest BCUT2D eigenvalue weighted by Crippen LogP contribution is 2.23. The third-order valence-electron chi connectivity index (χ3n) is 5.22. The molecule has 0 radical (unpaired) electrons. The lowest BCUT2D eigenvalue weighted by Crippen LogP contribution is -2.21. The quantitative estimate of drug-likeness (QED) is 0.242. The number of carbonyl (C=O) groups is 3. The zero-order valence-corrected chi connectivity index (χ0v) is 18.8. The number of nitro benzene ring substituents is 1. The number of nitro groups is 1. The molecule has 3 amide bonds. The van der Waals surface area contributed by atoms with Crippen LogP contribution in [0.5, 0.6) is 0 Å². The van der Waals surface area contributed by atoms with Crippen molar-refractivity contribution in [2.75, 3.05) is 16.0 Å². The SMILES string of the molecule is O=C(Nc1ccccc1)c1ccccc1NC(=O)c1ccccc1NC(=O)c1ccccc1[N+](=O)[O-]. The van der Waals surface area contributed by atoms with Gasteiger partial charge >= 0.3 is 0 Å². The molecule has 0 spiro atoms. The Bertz CT molecular complexity index is 1450. The van der Waals surface area contributed by atoms with Crippen molar-refractivity contribution in [2.24, 2.45) is 0 Å². The number of carbonyl (C=O) groups excluding carboxylic acids is 3. The fraction of sp³-hybridized carbons (Fsp3) is 0. The third kappa shape index (κ3) is 5.42. The van der Waals surface area contributed by atoms with Gasteiger partial charge in [0.25, 0.3) is 23.4 Å². The van der Waals surface area contributed by atoms with E-state index in [1.54, 1.807) is 60.7 Å². The van der Waals surface area contributed by atoms with Gasteiger partial charge in [0.2, 0.25) is 0 Å². The van der Waals surface area contributed by atoms with Gasteiger partial charge in [-0.25, -0.2) is 0 Å². The summed E-state index contributed by atoms with van der Waals surface area (Å²) in [4.78, 5) is 49.4. The maximum absolute atomic E-state index is 13.2. The molecule has 0 heterocycles. The van der Waals surface area contributed by atoms with E-state index in [0.717, 1.165) is 0 Å². The van der Waals surface area contributed by atoms with Crippen LogP contribution in [0.4, 0.5) is 22.7 Å². The first-order valence-electron chi connectivity index (χ1n) is 10.8. The van der Waals surface area contributed by atoms with Gasteiger partial charge in [0.05, 0.1) is 27.4 Å². The molecule has 4 rings (SSSR count). The number of rotatable bonds is 7. The minimum atomic E-state index is -0.731. The van der Waals surface area contributed by atoms with E-state index in [4.69, 9.17) is 0 Å². The highest BCUT2D eigenvalue weighted by atomic mass is 16.6. The van der Waals surface area contributed by atoms with Crippen molar-refractivity contribution in [3.8, 4) is 0 Å². The number of hydrogen-bond acceptors (Lipinski definition) is 5. The predicted molar refractivity (Wildman–Crippen MR) is 136 cm³/mol. The minimum Gasteiger partial charge on any atom is -0.322 e. The highest BCUT2D eigenvalue weighted by Gasteiger charge is 2.22. The van der Waals surface area contributed by atoms with E-state index in [-0.39, 0.29) is 33.8 Å². The van der Waals surface area contributed by atoms with Gasteiger partial charge in [0, 0.05) is 11.8 Å². The number of nitrogens with one attached hydrogen (secondary N) is 3. The number of anilines is 3. The van der Waals surface area contributed by atoms with Crippen LogP contribution in [0.2, 0.25) is 0 Å². The Labute approximate surface area is 205 Å². The topological polar surface area (TPSA) is 130 Å². The van der Waals surface area contributed by atoms with Crippen LogP contribution in [0.15, 0.2) is 103 Å². The van der Waals surface area contributed by atoms with Gasteiger partial charge in [-0.05, 0) is 42.5 Å². The zero-order chi connectivity index (χ0) is 25.5. The second-order valence-electron chi connectivity index (χ2n) is 7.59. The summed E-state index contributed by atoms with van der Waals surface area (Å²) in [7, 11) is 0. The molecule has 36 heavy (non-hydrogen) atoms. The van der Waals surface area contributed by atoms with E-state index < -0.39 is 22.6 Å². The molecular weight excluding hydrogens is 460 g/mol. The summed E-state index contributed by atoms with van der Waals surface area (Å²) in [6, 6.07) is 27.2. The summed E-state index contributed by atoms with van der Waals surface area (Å²) in [5, 5.41) is 19.4. The monoisotopic (exact) mass is 480 g/mol. The maximum Gasteiger partial charge on any atom is 0.282 e. The zero-order valence-electron chi connectivity index (χ0n) is 18.8. The third-order valence-corrected chi connectivity index (χ3v) is 5.22. The number of hydrogen-bond donors (Lipinski definition) is 3. The first-order valence-corrected chi connectivity index (χ1v) is 10.8. The van der Waals surface area contributed by atoms with Crippen molar-refractivity contribution in [3.05, 3.63) is 130 Å². The smallest absolute Gasteiger partial charge is 0.282 e. The lowest BCUT2D eigenvalue weighted by molar-refractivity contribution is -0.385. The van der Waals surface area contributed by atoms with Gasteiger partial charge in [0.15, 0.2) is 0 Å². The molecule has 4 aromatic rings. The molecule has 9 heteroatoms. The van der Waals surface area contributed by atoms with E-state index in [1.165, 1.54) is 36.4 Å². The van der Waals surface area contributed by atoms with E-state index >= 15 is 0 Å². The van der Waals surface area contributed by atoms with E-state index in [2.05, 4.69) is 16.0 Å². The van der Waals surface area contributed by atoms with Crippen molar-refractivity contribution in [2.45, 2.75) is 0 Å². The molecule has 0 fully saturated rings. The molecule has 3 N–H and O–H groups in total. The van der Waals surface area contributed by atoms with Crippen molar-refractivity contribution in [3.63, 3.8) is 0 Å². The summed E-state index contributed by atoms with van der Waals surface area (Å²) in [6.45, 7) is 0. The number of para-hydroxylation sites is 4. The molecular formula is C27H20N4O5. The lowest BCUT2D eigenvalue weighted by atomic mass is 10.1. The molecule has 178 valence electrons. The molecule has 4 aromatic carbocycles. The standard InChI is InChI=1S/C27H20N4O5/c32-25(28-18-10-2-1-3-11-18)19-12-4-7-15-22(19)29-26(33)20-13-5-8-16-23(20)30-27(34)21-14-6-9-17-24(21)31(35)36/h1-17H,(H,28,32)(H,29,33)(H,30,34). The fourth-order valence-corrected chi connectivity index (χ4v) is 3.50. The Morgan fingerprint density at radius 2 is 0.944 bits per heavy atom. The average Bonchev–Trinajstić information content (AvgIpc) is 2.89. The largest absolute Gasteiger partial charge is 0.322 e. The summed E-state index contributed by atoms with van der Waals surface area (Å²) in [5.41, 5.74) is 0.904. The van der Waals surface area contributed by atoms with E-state index in [1.807, 2.05) is 6.07 Å². The summed E-state index contributed by atoms with van der Waals surface area (Å²) in [5.74, 6) is -1.71. The second-order valence-corrected chi connectivity index (χ2v) is 7.59. The number of amides is 3. The van der Waals surface area contributed by atoms with Crippen LogP contribution in [0.25, 0.3) is 0 Å². The molecule has 0 aliphatic rings. The normalized spacial score (nSPS) is 10.2. The van der Waals surface area contributed by atoms with E-state index in [9.17, 15) is 24.5 Å². The summed E-state index contributed by atoms with van der Waals surface area (Å²) >= 11 is 0. The second kappa shape index (κ2) is 10.7. The van der Waals surface area contributed by atoms with Crippen LogP contribution in [0.3, 0.4) is 0 Å². The summed E-state index contributed by atoms with van der Waals surface area (Å²) in [6.07, 6.45) is 0. The van der Waals surface area contributed by atoms with Gasteiger partial charge in [-0.3, -0.25) is 24.5 Å². The molecule has 0 saturated heterocycles. The molecule has 0 bridgehead atoms. The first-order chi connectivity index (χ1) is 17.4. The molecule has 0 aliphatic heterocycles. The Balaban J connectivity index is 1.56. The Morgan fingerprint density at radius 1 is 0.528 bits per heavy atom. The van der Waals surface area contributed by atoms with Gasteiger partial charge < -0.3 is 16.0 Å². The van der Waals surface area contributed by atoms with Crippen molar-refractivity contribution < 1.29 is 19.3 Å². The molecule has 9 nitrogen and oxygen atoms in total. The molecule has 0 unspecified atom stereocenters. The van der Waals surface area contributed by atoms with Gasteiger partial charge in [-0.15, -0.1) is 0 Å². The fourth-order valence-electron chi connectivity index (χ4n) is 3.50. The van der Waals surface area contributed by atoms with Crippen LogP contribution in [-0.4, -0.2) is 22.6 Å². The van der Waals surface area contributed by atoms with Gasteiger partial charge in [0.1, 0.15) is 5.56 Å².